The molecule has 1 heterocycles. The summed E-state index contributed by atoms with van der Waals surface area (Å²) in [6.07, 6.45) is 1.32. The molecule has 0 radical (unpaired) electrons. The quantitative estimate of drug-likeness (QED) is 0.431. The summed E-state index contributed by atoms with van der Waals surface area (Å²) in [4.78, 5) is 26.4. The van der Waals surface area contributed by atoms with Gasteiger partial charge in [-0.2, -0.15) is 5.10 Å². The fourth-order valence-corrected chi connectivity index (χ4v) is 2.20. The van der Waals surface area contributed by atoms with Crippen molar-refractivity contribution in [2.45, 2.75) is 0 Å². The van der Waals surface area contributed by atoms with Crippen LogP contribution in [-0.4, -0.2) is 27.1 Å². The minimum Gasteiger partial charge on any atom is -0.506 e. The number of rotatable bonds is 4. The summed E-state index contributed by atoms with van der Waals surface area (Å²) in [5, 5.41) is 25.1. The summed E-state index contributed by atoms with van der Waals surface area (Å²) in [6, 6.07) is 13.8. The number of pyridine rings is 1. The number of benzene rings is 2. The van der Waals surface area contributed by atoms with E-state index in [-0.39, 0.29) is 17.0 Å². The number of aromatic hydroxyl groups is 1. The van der Waals surface area contributed by atoms with E-state index in [0.29, 0.717) is 11.2 Å². The van der Waals surface area contributed by atoms with E-state index in [0.717, 1.165) is 11.5 Å². The fraction of sp³-hybridized carbons (Fsp3) is 0. The van der Waals surface area contributed by atoms with Gasteiger partial charge in [-0.05, 0) is 18.2 Å². The van der Waals surface area contributed by atoms with Gasteiger partial charge in [0.25, 0.3) is 11.6 Å². The van der Waals surface area contributed by atoms with Crippen LogP contribution >= 0.6 is 0 Å². The van der Waals surface area contributed by atoms with Gasteiger partial charge < -0.3 is 5.11 Å². The first-order valence-corrected chi connectivity index (χ1v) is 7.21. The Hall–Kier alpha value is -3.81. The minimum atomic E-state index is -0.580. The highest BCUT2D eigenvalue weighted by Crippen LogP contribution is 2.21. The molecule has 0 saturated heterocycles. The van der Waals surface area contributed by atoms with E-state index < -0.39 is 10.8 Å². The molecule has 0 aliphatic carbocycles. The van der Waals surface area contributed by atoms with Gasteiger partial charge in [0.05, 0.1) is 16.8 Å². The number of para-hydroxylation sites is 1. The highest BCUT2D eigenvalue weighted by Gasteiger charge is 2.10. The molecule has 0 atom stereocenters. The molecule has 8 heteroatoms. The normalized spacial score (nSPS) is 10.9. The number of carbonyl (C=O) groups is 1. The van der Waals surface area contributed by atoms with E-state index >= 15 is 0 Å². The maximum atomic E-state index is 12.0. The van der Waals surface area contributed by atoms with Crippen LogP contribution in [0.2, 0.25) is 0 Å². The molecule has 0 aliphatic heterocycles. The highest BCUT2D eigenvalue weighted by atomic mass is 16.6. The number of hydrogen-bond donors (Lipinski definition) is 2. The molecule has 2 aromatic carbocycles. The third kappa shape index (κ3) is 3.58. The number of amides is 1. The molecule has 1 amide bonds. The number of nitro groups is 1. The molecule has 0 spiro atoms. The number of nitro benzene ring substituents is 1. The molecule has 2 N–H and O–H groups in total. The van der Waals surface area contributed by atoms with E-state index in [1.165, 1.54) is 30.5 Å². The Labute approximate surface area is 141 Å². The molecule has 3 aromatic rings. The average Bonchev–Trinajstić information content (AvgIpc) is 2.62. The molecule has 8 nitrogen and oxygen atoms in total. The van der Waals surface area contributed by atoms with Crippen molar-refractivity contribution in [3.63, 3.8) is 0 Å². The lowest BCUT2D eigenvalue weighted by molar-refractivity contribution is -0.384. The Morgan fingerprint density at radius 2 is 2.00 bits per heavy atom. The van der Waals surface area contributed by atoms with Gasteiger partial charge in [-0.1, -0.05) is 24.3 Å². The monoisotopic (exact) mass is 336 g/mol. The first-order chi connectivity index (χ1) is 12.0. The molecular formula is C17H12N4O4. The summed E-state index contributed by atoms with van der Waals surface area (Å²) < 4.78 is 0. The van der Waals surface area contributed by atoms with E-state index in [4.69, 9.17) is 0 Å². The predicted octanol–water partition coefficient (Wildman–Crippen LogP) is 2.61. The van der Waals surface area contributed by atoms with Crippen LogP contribution in [0.1, 0.15) is 16.1 Å². The zero-order chi connectivity index (χ0) is 17.8. The minimum absolute atomic E-state index is 0.0494. The molecule has 0 unspecified atom stereocenters. The number of fused-ring (bicyclic) bond motifs is 1. The molecule has 0 bridgehead atoms. The van der Waals surface area contributed by atoms with E-state index in [1.807, 2.05) is 6.07 Å². The third-order valence-electron chi connectivity index (χ3n) is 3.40. The summed E-state index contributed by atoms with van der Waals surface area (Å²) in [7, 11) is 0. The lowest BCUT2D eigenvalue weighted by Gasteiger charge is -2.02. The maximum absolute atomic E-state index is 12.0. The molecule has 0 fully saturated rings. The van der Waals surface area contributed by atoms with Gasteiger partial charge in [0.2, 0.25) is 0 Å². The fourth-order valence-electron chi connectivity index (χ4n) is 2.20. The van der Waals surface area contributed by atoms with Gasteiger partial charge in [-0.3, -0.25) is 14.9 Å². The molecule has 3 rings (SSSR count). The number of carbonyl (C=O) groups excluding carboxylic acids is 1. The molecule has 0 aliphatic rings. The smallest absolute Gasteiger partial charge is 0.271 e. The standard InChI is InChI=1S/C17H12N4O4/c22-15-6-2-3-11-7-8-13(19-16(11)15)10-18-20-17(23)12-4-1-5-14(9-12)21(24)25/h1-10,22H,(H,20,23)/b18-10+. The van der Waals surface area contributed by atoms with Crippen LogP contribution < -0.4 is 5.43 Å². The van der Waals surface area contributed by atoms with E-state index in [1.54, 1.807) is 18.2 Å². The Bertz CT molecular complexity index is 1000. The summed E-state index contributed by atoms with van der Waals surface area (Å²) in [5.41, 5.74) is 3.09. The molecule has 1 aromatic heterocycles. The first kappa shape index (κ1) is 16.1. The summed E-state index contributed by atoms with van der Waals surface area (Å²) in [5.74, 6) is -0.531. The van der Waals surface area contributed by atoms with Crippen LogP contribution in [0.15, 0.2) is 59.7 Å². The summed E-state index contributed by atoms with van der Waals surface area (Å²) >= 11 is 0. The number of aromatic nitrogens is 1. The number of non-ortho nitro benzene ring substituents is 1. The van der Waals surface area contributed by atoms with Crippen molar-refractivity contribution < 1.29 is 14.8 Å². The SMILES string of the molecule is O=C(N/N=C/c1ccc2cccc(O)c2n1)c1cccc([N+](=O)[O-])c1. The van der Waals surface area contributed by atoms with Crippen LogP contribution in [0, 0.1) is 10.1 Å². The molecular weight excluding hydrogens is 324 g/mol. The predicted molar refractivity (Wildman–Crippen MR) is 91.6 cm³/mol. The van der Waals surface area contributed by atoms with Gasteiger partial charge in [-0.15, -0.1) is 0 Å². The zero-order valence-electron chi connectivity index (χ0n) is 12.8. The Morgan fingerprint density at radius 1 is 1.20 bits per heavy atom. The number of nitrogens with one attached hydrogen (secondary N) is 1. The van der Waals surface area contributed by atoms with Crippen LogP contribution in [0.4, 0.5) is 5.69 Å². The van der Waals surface area contributed by atoms with Crippen molar-refractivity contribution in [3.05, 3.63) is 76.0 Å². The number of phenolic OH excluding ortho intramolecular Hbond substituents is 1. The number of phenols is 1. The zero-order valence-corrected chi connectivity index (χ0v) is 12.8. The highest BCUT2D eigenvalue weighted by molar-refractivity contribution is 5.95. The van der Waals surface area contributed by atoms with Gasteiger partial charge in [0.1, 0.15) is 11.3 Å². The van der Waals surface area contributed by atoms with Gasteiger partial charge in [-0.25, -0.2) is 10.4 Å². The maximum Gasteiger partial charge on any atom is 0.271 e. The van der Waals surface area contributed by atoms with Crippen molar-refractivity contribution in [1.82, 2.24) is 10.4 Å². The molecule has 25 heavy (non-hydrogen) atoms. The van der Waals surface area contributed by atoms with E-state index in [9.17, 15) is 20.0 Å². The second-order valence-corrected chi connectivity index (χ2v) is 5.09. The molecule has 0 saturated carbocycles. The Kier molecular flexibility index (Phi) is 4.34. The van der Waals surface area contributed by atoms with Crippen molar-refractivity contribution in [1.29, 1.82) is 0 Å². The number of nitrogens with zero attached hydrogens (tertiary/aromatic N) is 3. The number of hydrogen-bond acceptors (Lipinski definition) is 6. The first-order valence-electron chi connectivity index (χ1n) is 7.21. The van der Waals surface area contributed by atoms with E-state index in [2.05, 4.69) is 15.5 Å². The topological polar surface area (TPSA) is 118 Å². The van der Waals surface area contributed by atoms with Crippen LogP contribution in [-0.2, 0) is 0 Å². The largest absolute Gasteiger partial charge is 0.506 e. The van der Waals surface area contributed by atoms with Gasteiger partial charge in [0, 0.05) is 23.1 Å². The van der Waals surface area contributed by atoms with Gasteiger partial charge in [0.15, 0.2) is 0 Å². The van der Waals surface area contributed by atoms with Gasteiger partial charge >= 0.3 is 0 Å². The number of hydrazone groups is 1. The van der Waals surface area contributed by atoms with Crippen molar-refractivity contribution in [2.75, 3.05) is 0 Å². The second kappa shape index (κ2) is 6.75. The van der Waals surface area contributed by atoms with Crippen LogP contribution in [0.25, 0.3) is 10.9 Å². The van der Waals surface area contributed by atoms with Crippen LogP contribution in [0.3, 0.4) is 0 Å². The van der Waals surface area contributed by atoms with Crippen molar-refractivity contribution >= 4 is 28.7 Å². The lowest BCUT2D eigenvalue weighted by atomic mass is 10.2. The molecule has 124 valence electrons. The average molecular weight is 336 g/mol. The van der Waals surface area contributed by atoms with Crippen molar-refractivity contribution in [3.8, 4) is 5.75 Å². The van der Waals surface area contributed by atoms with Crippen LogP contribution in [0.5, 0.6) is 5.75 Å². The van der Waals surface area contributed by atoms with Crippen molar-refractivity contribution in [2.24, 2.45) is 5.10 Å². The summed E-state index contributed by atoms with van der Waals surface area (Å²) in [6.45, 7) is 0. The Balaban J connectivity index is 1.75. The second-order valence-electron chi connectivity index (χ2n) is 5.09. The lowest BCUT2D eigenvalue weighted by Crippen LogP contribution is -2.17. The third-order valence-corrected chi connectivity index (χ3v) is 3.40. The Morgan fingerprint density at radius 3 is 2.80 bits per heavy atom.